The Hall–Kier alpha value is -0.740. The van der Waals surface area contributed by atoms with Crippen LogP contribution in [0.1, 0.15) is 33.1 Å². The van der Waals surface area contributed by atoms with E-state index in [-0.39, 0.29) is 0 Å². The maximum absolute atomic E-state index is 11.9. The van der Waals surface area contributed by atoms with Crippen LogP contribution in [-0.2, 0) is 9.53 Å². The fraction of sp³-hybridized carbons (Fsp3) is 0.900. The molecule has 3 atom stereocenters. The molecule has 1 aliphatic rings. The maximum Gasteiger partial charge on any atom is 0.490 e. The normalized spacial score (nSPS) is 32.5. The molecule has 0 radical (unpaired) electrons. The number of rotatable bonds is 1. The molecule has 0 aromatic carbocycles. The van der Waals surface area contributed by atoms with E-state index in [2.05, 4.69) is 11.7 Å². The Balaban J connectivity index is 2.44. The van der Waals surface area contributed by atoms with Crippen LogP contribution in [0.5, 0.6) is 0 Å². The van der Waals surface area contributed by atoms with Gasteiger partial charge >= 0.3 is 12.1 Å². The molecule has 0 amide bonds. The Labute approximate surface area is 86.8 Å². The van der Waals surface area contributed by atoms with Gasteiger partial charge < -0.3 is 4.74 Å². The van der Waals surface area contributed by atoms with Gasteiger partial charge in [0.2, 0.25) is 0 Å². The van der Waals surface area contributed by atoms with Crippen LogP contribution in [0.3, 0.4) is 0 Å². The molecule has 2 nitrogen and oxygen atoms in total. The minimum absolute atomic E-state index is 0.310. The van der Waals surface area contributed by atoms with Gasteiger partial charge in [-0.25, -0.2) is 4.79 Å². The highest BCUT2D eigenvalue weighted by Gasteiger charge is 2.42. The predicted octanol–water partition coefficient (Wildman–Crippen LogP) is 2.92. The third kappa shape index (κ3) is 3.39. The molecular weight excluding hydrogens is 209 g/mol. The van der Waals surface area contributed by atoms with Crippen molar-refractivity contribution in [3.63, 3.8) is 0 Å². The quantitative estimate of drug-likeness (QED) is 0.640. The highest BCUT2D eigenvalue weighted by atomic mass is 19.4. The fourth-order valence-corrected chi connectivity index (χ4v) is 1.82. The second-order valence-corrected chi connectivity index (χ2v) is 4.29. The van der Waals surface area contributed by atoms with Crippen LogP contribution >= 0.6 is 0 Å². The summed E-state index contributed by atoms with van der Waals surface area (Å²) in [6.45, 7) is 4.03. The second-order valence-electron chi connectivity index (χ2n) is 4.29. The minimum Gasteiger partial charge on any atom is -0.456 e. The smallest absolute Gasteiger partial charge is 0.456 e. The zero-order chi connectivity index (χ0) is 11.6. The number of carbonyl (C=O) groups is 1. The SMILES string of the molecule is C[C@@H]1CC[C@H](OC(=O)C(F)(F)F)C[C@@H]1C. The van der Waals surface area contributed by atoms with Crippen LogP contribution < -0.4 is 0 Å². The van der Waals surface area contributed by atoms with E-state index in [0.29, 0.717) is 24.7 Å². The zero-order valence-electron chi connectivity index (χ0n) is 8.80. The van der Waals surface area contributed by atoms with Gasteiger partial charge in [-0.15, -0.1) is 0 Å². The Morgan fingerprint density at radius 2 is 1.80 bits per heavy atom. The number of ether oxygens (including phenoxy) is 1. The maximum atomic E-state index is 11.9. The molecule has 0 aromatic rings. The summed E-state index contributed by atoms with van der Waals surface area (Å²) in [4.78, 5) is 10.6. The topological polar surface area (TPSA) is 26.3 Å². The standard InChI is InChI=1S/C10H15F3O2/c1-6-3-4-8(5-7(6)2)15-9(14)10(11,12)13/h6-8H,3-5H2,1-2H3/t6-,7+,8+/m1/s1. The van der Waals surface area contributed by atoms with E-state index >= 15 is 0 Å². The summed E-state index contributed by atoms with van der Waals surface area (Å²) in [6, 6.07) is 0. The highest BCUT2D eigenvalue weighted by Crippen LogP contribution is 2.32. The molecule has 88 valence electrons. The summed E-state index contributed by atoms with van der Waals surface area (Å²) in [5.74, 6) is -1.26. The molecule has 0 unspecified atom stereocenters. The Morgan fingerprint density at radius 3 is 2.27 bits per heavy atom. The number of hydrogen-bond donors (Lipinski definition) is 0. The van der Waals surface area contributed by atoms with Gasteiger partial charge in [0.15, 0.2) is 0 Å². The van der Waals surface area contributed by atoms with Crippen molar-refractivity contribution in [3.8, 4) is 0 Å². The van der Waals surface area contributed by atoms with Crippen molar-refractivity contribution < 1.29 is 22.7 Å². The van der Waals surface area contributed by atoms with Crippen LogP contribution in [0.25, 0.3) is 0 Å². The summed E-state index contributed by atoms with van der Waals surface area (Å²) in [7, 11) is 0. The van der Waals surface area contributed by atoms with Crippen LogP contribution in [0.4, 0.5) is 13.2 Å². The molecule has 1 saturated carbocycles. The molecule has 0 saturated heterocycles. The molecule has 1 fully saturated rings. The van der Waals surface area contributed by atoms with Crippen LogP contribution in [0.2, 0.25) is 0 Å². The summed E-state index contributed by atoms with van der Waals surface area (Å²) < 4.78 is 40.1. The molecule has 15 heavy (non-hydrogen) atoms. The largest absolute Gasteiger partial charge is 0.490 e. The Morgan fingerprint density at radius 1 is 1.20 bits per heavy atom. The molecule has 0 aliphatic heterocycles. The predicted molar refractivity (Wildman–Crippen MR) is 48.1 cm³/mol. The van der Waals surface area contributed by atoms with Crippen LogP contribution in [0.15, 0.2) is 0 Å². The summed E-state index contributed by atoms with van der Waals surface area (Å²) in [6.07, 6.45) is -3.55. The molecule has 0 spiro atoms. The number of alkyl halides is 3. The van der Waals surface area contributed by atoms with E-state index < -0.39 is 18.2 Å². The first-order valence-corrected chi connectivity index (χ1v) is 5.08. The fourth-order valence-electron chi connectivity index (χ4n) is 1.82. The monoisotopic (exact) mass is 224 g/mol. The average Bonchev–Trinajstić information content (AvgIpc) is 2.10. The lowest BCUT2D eigenvalue weighted by atomic mass is 9.80. The molecule has 0 heterocycles. The average molecular weight is 224 g/mol. The lowest BCUT2D eigenvalue weighted by Crippen LogP contribution is -2.34. The molecular formula is C10H15F3O2. The van der Waals surface area contributed by atoms with Gasteiger partial charge in [-0.3, -0.25) is 0 Å². The Kier molecular flexibility index (Phi) is 3.62. The van der Waals surface area contributed by atoms with Crippen molar-refractivity contribution in [2.24, 2.45) is 11.8 Å². The van der Waals surface area contributed by atoms with Crippen molar-refractivity contribution in [2.45, 2.75) is 45.4 Å². The van der Waals surface area contributed by atoms with Crippen molar-refractivity contribution >= 4 is 5.97 Å². The number of esters is 1. The van der Waals surface area contributed by atoms with Crippen molar-refractivity contribution in [3.05, 3.63) is 0 Å². The molecule has 1 aliphatic carbocycles. The number of carbonyl (C=O) groups excluding carboxylic acids is 1. The first-order valence-electron chi connectivity index (χ1n) is 5.08. The van der Waals surface area contributed by atoms with E-state index in [1.54, 1.807) is 0 Å². The lowest BCUT2D eigenvalue weighted by molar-refractivity contribution is -0.207. The van der Waals surface area contributed by atoms with Gasteiger partial charge in [0.1, 0.15) is 6.10 Å². The van der Waals surface area contributed by atoms with Crippen molar-refractivity contribution in [2.75, 3.05) is 0 Å². The first-order chi connectivity index (χ1) is 6.80. The van der Waals surface area contributed by atoms with Gasteiger partial charge in [0.25, 0.3) is 0 Å². The lowest BCUT2D eigenvalue weighted by Gasteiger charge is -2.31. The molecule has 0 bridgehead atoms. The zero-order valence-corrected chi connectivity index (χ0v) is 8.80. The van der Waals surface area contributed by atoms with E-state index in [4.69, 9.17) is 0 Å². The second kappa shape index (κ2) is 4.41. The van der Waals surface area contributed by atoms with Gasteiger partial charge in [-0.2, -0.15) is 13.2 Å². The van der Waals surface area contributed by atoms with Gasteiger partial charge in [-0.05, 0) is 31.1 Å². The third-order valence-electron chi connectivity index (χ3n) is 3.06. The summed E-state index contributed by atoms with van der Waals surface area (Å²) in [5.41, 5.74) is 0. The van der Waals surface area contributed by atoms with E-state index in [1.165, 1.54) is 0 Å². The highest BCUT2D eigenvalue weighted by molar-refractivity contribution is 5.75. The molecule has 0 N–H and O–H groups in total. The first kappa shape index (κ1) is 12.3. The van der Waals surface area contributed by atoms with Crippen LogP contribution in [0, 0.1) is 11.8 Å². The van der Waals surface area contributed by atoms with Crippen LogP contribution in [-0.4, -0.2) is 18.2 Å². The molecule has 1 rings (SSSR count). The summed E-state index contributed by atoms with van der Waals surface area (Å²) in [5, 5.41) is 0. The van der Waals surface area contributed by atoms with Gasteiger partial charge in [-0.1, -0.05) is 13.8 Å². The van der Waals surface area contributed by atoms with Crippen molar-refractivity contribution in [1.82, 2.24) is 0 Å². The summed E-state index contributed by atoms with van der Waals surface area (Å²) >= 11 is 0. The molecule has 0 aromatic heterocycles. The van der Waals surface area contributed by atoms with Gasteiger partial charge in [0.05, 0.1) is 0 Å². The number of halogens is 3. The Bertz CT molecular complexity index is 237. The number of hydrogen-bond acceptors (Lipinski definition) is 2. The van der Waals surface area contributed by atoms with Crippen molar-refractivity contribution in [1.29, 1.82) is 0 Å². The third-order valence-corrected chi connectivity index (χ3v) is 3.06. The minimum atomic E-state index is -4.87. The van der Waals surface area contributed by atoms with E-state index in [1.807, 2.05) is 6.92 Å². The van der Waals surface area contributed by atoms with E-state index in [0.717, 1.165) is 6.42 Å². The van der Waals surface area contributed by atoms with E-state index in [9.17, 15) is 18.0 Å². The molecule has 5 heteroatoms. The van der Waals surface area contributed by atoms with Gasteiger partial charge in [0, 0.05) is 0 Å².